The first kappa shape index (κ1) is 24.3. The van der Waals surface area contributed by atoms with E-state index in [0.717, 1.165) is 27.8 Å². The molecule has 188 valence electrons. The monoisotopic (exact) mass is 496 g/mol. The third kappa shape index (κ3) is 4.48. The lowest BCUT2D eigenvalue weighted by atomic mass is 9.93. The number of rotatable bonds is 8. The van der Waals surface area contributed by atoms with E-state index >= 15 is 0 Å². The summed E-state index contributed by atoms with van der Waals surface area (Å²) in [5.41, 5.74) is 4.81. The van der Waals surface area contributed by atoms with Crippen LogP contribution >= 0.6 is 0 Å². The predicted molar refractivity (Wildman–Crippen MR) is 140 cm³/mol. The summed E-state index contributed by atoms with van der Waals surface area (Å²) in [5, 5.41) is 24.1. The van der Waals surface area contributed by atoms with E-state index in [4.69, 9.17) is 4.52 Å². The molecule has 0 bridgehead atoms. The number of hydrogen-bond acceptors (Lipinski definition) is 5. The number of phenols is 1. The lowest BCUT2D eigenvalue weighted by Gasteiger charge is -2.23. The summed E-state index contributed by atoms with van der Waals surface area (Å²) in [6.07, 6.45) is 1.65. The Balaban J connectivity index is 1.41. The SMILES string of the molecule is CCC(=O)N(Cc1c(C)noc1-c1ccc(-c2ccc(C3(C(=O)O)CC3)cc2)cc1)c1ccccc1O. The standard InChI is InChI=1S/C30H28N2O5/c1-3-27(34)32(25-6-4-5-7-26(25)33)18-24-19(2)31-37-28(24)22-10-8-20(9-11-22)21-12-14-23(15-13-21)30(16-17-30)29(35)36/h4-15,33H,3,16-18H2,1-2H3,(H,35,36). The van der Waals surface area contributed by atoms with Gasteiger partial charge in [-0.2, -0.15) is 0 Å². The zero-order valence-corrected chi connectivity index (χ0v) is 20.8. The number of amides is 1. The molecule has 0 saturated heterocycles. The number of phenolic OH excluding ortho intramolecular Hbond substituents is 1. The van der Waals surface area contributed by atoms with Crippen LogP contribution in [-0.4, -0.2) is 27.2 Å². The number of aromatic nitrogens is 1. The third-order valence-electron chi connectivity index (χ3n) is 7.15. The first-order valence-electron chi connectivity index (χ1n) is 12.3. The molecule has 2 N–H and O–H groups in total. The van der Waals surface area contributed by atoms with Crippen LogP contribution in [0.3, 0.4) is 0 Å². The maximum Gasteiger partial charge on any atom is 0.314 e. The zero-order valence-electron chi connectivity index (χ0n) is 20.8. The number of anilines is 1. The number of carboxylic acid groups (broad SMARTS) is 1. The Hall–Kier alpha value is -4.39. The van der Waals surface area contributed by atoms with Crippen LogP contribution in [-0.2, 0) is 21.5 Å². The Labute approximate surface area is 215 Å². The summed E-state index contributed by atoms with van der Waals surface area (Å²) >= 11 is 0. The van der Waals surface area contributed by atoms with Gasteiger partial charge in [-0.25, -0.2) is 0 Å². The van der Waals surface area contributed by atoms with Gasteiger partial charge in [0.15, 0.2) is 5.76 Å². The maximum absolute atomic E-state index is 12.8. The third-order valence-corrected chi connectivity index (χ3v) is 7.15. The molecular weight excluding hydrogens is 468 g/mol. The van der Waals surface area contributed by atoms with Crippen molar-refractivity contribution in [3.05, 3.63) is 89.6 Å². The van der Waals surface area contributed by atoms with Gasteiger partial charge in [0.05, 0.1) is 23.3 Å². The average molecular weight is 497 g/mol. The molecule has 0 unspecified atom stereocenters. The van der Waals surface area contributed by atoms with Gasteiger partial charge in [-0.1, -0.05) is 72.7 Å². The highest BCUT2D eigenvalue weighted by Crippen LogP contribution is 2.48. The van der Waals surface area contributed by atoms with Crippen molar-refractivity contribution in [2.45, 2.75) is 45.1 Å². The molecule has 7 heteroatoms. The van der Waals surface area contributed by atoms with Gasteiger partial charge in [0.2, 0.25) is 5.91 Å². The summed E-state index contributed by atoms with van der Waals surface area (Å²) in [6.45, 7) is 3.83. The minimum Gasteiger partial charge on any atom is -0.506 e. The molecule has 4 aromatic rings. The summed E-state index contributed by atoms with van der Waals surface area (Å²) in [5.74, 6) is -0.278. The van der Waals surface area contributed by atoms with E-state index in [0.29, 0.717) is 30.0 Å². The molecular formula is C30H28N2O5. The van der Waals surface area contributed by atoms with Crippen LogP contribution in [0.2, 0.25) is 0 Å². The van der Waals surface area contributed by atoms with Gasteiger partial charge in [0, 0.05) is 17.5 Å². The van der Waals surface area contributed by atoms with Gasteiger partial charge in [-0.15, -0.1) is 0 Å². The van der Waals surface area contributed by atoms with Crippen LogP contribution in [0.25, 0.3) is 22.5 Å². The number of hydrogen-bond donors (Lipinski definition) is 2. The molecule has 7 nitrogen and oxygen atoms in total. The van der Waals surface area contributed by atoms with Crippen molar-refractivity contribution >= 4 is 17.6 Å². The van der Waals surface area contributed by atoms with Crippen molar-refractivity contribution in [3.8, 4) is 28.2 Å². The lowest BCUT2D eigenvalue weighted by molar-refractivity contribution is -0.140. The fourth-order valence-corrected chi connectivity index (χ4v) is 4.70. The van der Waals surface area contributed by atoms with E-state index in [9.17, 15) is 19.8 Å². The number of aryl methyl sites for hydroxylation is 1. The maximum atomic E-state index is 12.8. The summed E-state index contributed by atoms with van der Waals surface area (Å²) in [4.78, 5) is 26.0. The number of aromatic hydroxyl groups is 1. The molecule has 1 aromatic heterocycles. The normalized spacial score (nSPS) is 13.8. The minimum absolute atomic E-state index is 0.0336. The van der Waals surface area contributed by atoms with Crippen LogP contribution in [0.4, 0.5) is 5.69 Å². The summed E-state index contributed by atoms with van der Waals surface area (Å²) in [6, 6.07) is 22.3. The number of carbonyl (C=O) groups is 2. The van der Waals surface area contributed by atoms with E-state index in [1.807, 2.05) is 55.5 Å². The second-order valence-electron chi connectivity index (χ2n) is 9.44. The highest BCUT2D eigenvalue weighted by Gasteiger charge is 2.51. The molecule has 5 rings (SSSR count). The Morgan fingerprint density at radius 3 is 2.11 bits per heavy atom. The quantitative estimate of drug-likeness (QED) is 0.306. The molecule has 1 fully saturated rings. The Kier molecular flexibility index (Phi) is 6.29. The fraction of sp³-hybridized carbons (Fsp3) is 0.233. The Morgan fingerprint density at radius 1 is 0.946 bits per heavy atom. The van der Waals surface area contributed by atoms with E-state index in [-0.39, 0.29) is 24.6 Å². The topological polar surface area (TPSA) is 104 Å². The van der Waals surface area contributed by atoms with Crippen LogP contribution in [0, 0.1) is 6.92 Å². The number of aliphatic carboxylic acids is 1. The van der Waals surface area contributed by atoms with Crippen molar-refractivity contribution < 1.29 is 24.3 Å². The molecule has 1 aliphatic carbocycles. The second-order valence-corrected chi connectivity index (χ2v) is 9.44. The average Bonchev–Trinajstić information content (AvgIpc) is 3.66. The van der Waals surface area contributed by atoms with Gasteiger partial charge in [-0.3, -0.25) is 9.59 Å². The Bertz CT molecular complexity index is 1450. The second kappa shape index (κ2) is 9.58. The smallest absolute Gasteiger partial charge is 0.314 e. The highest BCUT2D eigenvalue weighted by molar-refractivity contribution is 5.94. The van der Waals surface area contributed by atoms with Crippen LogP contribution in [0.5, 0.6) is 5.75 Å². The number of nitrogens with zero attached hydrogens (tertiary/aromatic N) is 2. The largest absolute Gasteiger partial charge is 0.506 e. The minimum atomic E-state index is -0.760. The van der Waals surface area contributed by atoms with Crippen molar-refractivity contribution in [1.29, 1.82) is 0 Å². The number of carboxylic acids is 1. The molecule has 1 heterocycles. The van der Waals surface area contributed by atoms with Crippen molar-refractivity contribution in [2.24, 2.45) is 0 Å². The first-order valence-corrected chi connectivity index (χ1v) is 12.3. The van der Waals surface area contributed by atoms with Gasteiger partial charge < -0.3 is 19.6 Å². The molecule has 0 spiro atoms. The van der Waals surface area contributed by atoms with E-state index in [1.54, 1.807) is 36.1 Å². The molecule has 3 aromatic carbocycles. The molecule has 1 saturated carbocycles. The van der Waals surface area contributed by atoms with Gasteiger partial charge in [0.1, 0.15) is 5.75 Å². The zero-order chi connectivity index (χ0) is 26.2. The van der Waals surface area contributed by atoms with Gasteiger partial charge >= 0.3 is 5.97 Å². The molecule has 1 aliphatic rings. The van der Waals surface area contributed by atoms with Crippen molar-refractivity contribution in [2.75, 3.05) is 4.90 Å². The highest BCUT2D eigenvalue weighted by atomic mass is 16.5. The summed E-state index contributed by atoms with van der Waals surface area (Å²) in [7, 11) is 0. The van der Waals surface area contributed by atoms with E-state index < -0.39 is 11.4 Å². The number of para-hydroxylation sites is 2. The number of carbonyl (C=O) groups excluding carboxylic acids is 1. The van der Waals surface area contributed by atoms with Crippen LogP contribution in [0.1, 0.15) is 43.0 Å². The number of benzene rings is 3. The van der Waals surface area contributed by atoms with Gasteiger partial charge in [0.25, 0.3) is 0 Å². The van der Waals surface area contributed by atoms with Crippen LogP contribution in [0.15, 0.2) is 77.3 Å². The van der Waals surface area contributed by atoms with Crippen molar-refractivity contribution in [1.82, 2.24) is 5.16 Å². The van der Waals surface area contributed by atoms with Crippen LogP contribution < -0.4 is 4.90 Å². The predicted octanol–water partition coefficient (Wildman–Crippen LogP) is 6.08. The van der Waals surface area contributed by atoms with E-state index in [1.165, 1.54) is 0 Å². The molecule has 0 aliphatic heterocycles. The van der Waals surface area contributed by atoms with E-state index in [2.05, 4.69) is 5.16 Å². The van der Waals surface area contributed by atoms with Gasteiger partial charge in [-0.05, 0) is 48.6 Å². The molecule has 1 amide bonds. The molecule has 37 heavy (non-hydrogen) atoms. The fourth-order valence-electron chi connectivity index (χ4n) is 4.70. The molecule has 0 radical (unpaired) electrons. The molecule has 0 atom stereocenters. The Morgan fingerprint density at radius 2 is 1.54 bits per heavy atom. The summed E-state index contributed by atoms with van der Waals surface area (Å²) < 4.78 is 5.68. The first-order chi connectivity index (χ1) is 17.8. The lowest BCUT2D eigenvalue weighted by Crippen LogP contribution is -2.30. The van der Waals surface area contributed by atoms with Crippen molar-refractivity contribution in [3.63, 3.8) is 0 Å².